The van der Waals surface area contributed by atoms with Gasteiger partial charge in [0.15, 0.2) is 0 Å². The van der Waals surface area contributed by atoms with E-state index in [1.807, 2.05) is 7.05 Å². The molecule has 1 atom stereocenters. The number of hydrogen-bond acceptors (Lipinski definition) is 4. The summed E-state index contributed by atoms with van der Waals surface area (Å²) < 4.78 is 32.3. The molecule has 1 fully saturated rings. The summed E-state index contributed by atoms with van der Waals surface area (Å²) in [4.78, 5) is 0.345. The smallest absolute Gasteiger partial charge is 0.243 e. The van der Waals surface area contributed by atoms with Crippen LogP contribution in [0.1, 0.15) is 19.8 Å². The Morgan fingerprint density at radius 2 is 2.05 bits per heavy atom. The largest absolute Gasteiger partial charge is 0.492 e. The van der Waals surface area contributed by atoms with E-state index < -0.39 is 10.0 Å². The van der Waals surface area contributed by atoms with Gasteiger partial charge in [0.2, 0.25) is 10.0 Å². The van der Waals surface area contributed by atoms with Gasteiger partial charge in [-0.1, -0.05) is 6.92 Å². The summed E-state index contributed by atoms with van der Waals surface area (Å²) in [6, 6.07) is 6.69. The molecule has 0 aromatic heterocycles. The molecule has 5 nitrogen and oxygen atoms in total. The lowest BCUT2D eigenvalue weighted by molar-refractivity contribution is 0.281. The van der Waals surface area contributed by atoms with Crippen LogP contribution in [0.5, 0.6) is 5.75 Å². The third-order valence-corrected chi connectivity index (χ3v) is 5.58. The van der Waals surface area contributed by atoms with Gasteiger partial charge in [-0.05, 0) is 50.1 Å². The van der Waals surface area contributed by atoms with Crippen molar-refractivity contribution in [2.45, 2.75) is 24.7 Å². The fourth-order valence-electron chi connectivity index (χ4n) is 2.49. The van der Waals surface area contributed by atoms with E-state index in [0.717, 1.165) is 19.4 Å². The highest BCUT2D eigenvalue weighted by atomic mass is 32.2. The van der Waals surface area contributed by atoms with Crippen LogP contribution >= 0.6 is 0 Å². The van der Waals surface area contributed by atoms with Crippen molar-refractivity contribution < 1.29 is 13.2 Å². The first-order valence-corrected chi connectivity index (χ1v) is 8.85. The van der Waals surface area contributed by atoms with Crippen molar-refractivity contribution >= 4 is 10.0 Å². The molecule has 0 amide bonds. The Labute approximate surface area is 127 Å². The number of piperidine rings is 1. The summed E-state index contributed by atoms with van der Waals surface area (Å²) in [5, 5.41) is 2.99. The molecule has 21 heavy (non-hydrogen) atoms. The minimum atomic E-state index is -3.37. The first-order chi connectivity index (χ1) is 10.0. The summed E-state index contributed by atoms with van der Waals surface area (Å²) in [6.07, 6.45) is 2.04. The fourth-order valence-corrected chi connectivity index (χ4v) is 4.09. The predicted octanol–water partition coefficient (Wildman–Crippen LogP) is 1.71. The number of rotatable bonds is 6. The van der Waals surface area contributed by atoms with Crippen LogP contribution in [0.3, 0.4) is 0 Å². The molecule has 1 aromatic carbocycles. The summed E-state index contributed by atoms with van der Waals surface area (Å²) in [6.45, 7) is 4.65. The first kappa shape index (κ1) is 16.3. The third kappa shape index (κ3) is 4.18. The van der Waals surface area contributed by atoms with Crippen LogP contribution in [0.25, 0.3) is 0 Å². The molecule has 1 aromatic rings. The molecule has 1 N–H and O–H groups in total. The lowest BCUT2D eigenvalue weighted by Crippen LogP contribution is -2.39. The van der Waals surface area contributed by atoms with Crippen LogP contribution in [0.4, 0.5) is 0 Å². The Kier molecular flexibility index (Phi) is 5.61. The highest BCUT2D eigenvalue weighted by molar-refractivity contribution is 7.89. The standard InChI is InChI=1S/C15H24N2O3S/c1-13-4-3-10-17(12-13)21(18,19)15-7-5-14(6-8-15)20-11-9-16-2/h5-8,13,16H,3-4,9-12H2,1-2H3. The topological polar surface area (TPSA) is 58.6 Å². The van der Waals surface area contributed by atoms with Gasteiger partial charge in [0, 0.05) is 19.6 Å². The van der Waals surface area contributed by atoms with Crippen LogP contribution < -0.4 is 10.1 Å². The highest BCUT2D eigenvalue weighted by Crippen LogP contribution is 2.24. The molecule has 1 unspecified atom stereocenters. The molecule has 0 saturated carbocycles. The van der Waals surface area contributed by atoms with E-state index in [1.54, 1.807) is 28.6 Å². The van der Waals surface area contributed by atoms with Gasteiger partial charge < -0.3 is 10.1 Å². The van der Waals surface area contributed by atoms with Gasteiger partial charge in [0.1, 0.15) is 12.4 Å². The van der Waals surface area contributed by atoms with Crippen molar-refractivity contribution in [2.75, 3.05) is 33.3 Å². The quantitative estimate of drug-likeness (QED) is 0.812. The highest BCUT2D eigenvalue weighted by Gasteiger charge is 2.28. The second-order valence-corrected chi connectivity index (χ2v) is 7.47. The molecule has 1 aliphatic rings. The molecule has 118 valence electrons. The number of hydrogen-bond donors (Lipinski definition) is 1. The second-order valence-electron chi connectivity index (χ2n) is 5.53. The number of nitrogens with one attached hydrogen (secondary N) is 1. The Balaban J connectivity index is 2.06. The van der Waals surface area contributed by atoms with E-state index in [9.17, 15) is 8.42 Å². The molecule has 1 heterocycles. The molecular formula is C15H24N2O3S. The van der Waals surface area contributed by atoms with Crippen LogP contribution in [0.2, 0.25) is 0 Å². The Morgan fingerprint density at radius 1 is 1.33 bits per heavy atom. The number of benzene rings is 1. The number of likely N-dealkylation sites (N-methyl/N-ethyl adjacent to an activating group) is 1. The zero-order chi connectivity index (χ0) is 15.3. The van der Waals surface area contributed by atoms with E-state index in [-0.39, 0.29) is 0 Å². The van der Waals surface area contributed by atoms with E-state index in [4.69, 9.17) is 4.74 Å². The van der Waals surface area contributed by atoms with Gasteiger partial charge in [0.05, 0.1) is 4.90 Å². The average Bonchev–Trinajstić information content (AvgIpc) is 2.48. The molecule has 0 radical (unpaired) electrons. The average molecular weight is 312 g/mol. The molecule has 0 aliphatic carbocycles. The molecule has 1 saturated heterocycles. The van der Waals surface area contributed by atoms with E-state index in [1.165, 1.54) is 0 Å². The number of sulfonamides is 1. The molecule has 1 aliphatic heterocycles. The molecule has 2 rings (SSSR count). The molecule has 0 bridgehead atoms. The monoisotopic (exact) mass is 312 g/mol. The van der Waals surface area contributed by atoms with Crippen molar-refractivity contribution in [3.05, 3.63) is 24.3 Å². The molecule has 6 heteroatoms. The van der Waals surface area contributed by atoms with Crippen molar-refractivity contribution in [1.29, 1.82) is 0 Å². The van der Waals surface area contributed by atoms with Crippen molar-refractivity contribution in [3.8, 4) is 5.75 Å². The van der Waals surface area contributed by atoms with Crippen LogP contribution in [-0.2, 0) is 10.0 Å². The second kappa shape index (κ2) is 7.24. The minimum Gasteiger partial charge on any atom is -0.492 e. The molecule has 0 spiro atoms. The zero-order valence-electron chi connectivity index (χ0n) is 12.7. The number of ether oxygens (including phenoxy) is 1. The summed E-state index contributed by atoms with van der Waals surface area (Å²) in [5.41, 5.74) is 0. The lowest BCUT2D eigenvalue weighted by atomic mass is 10.0. The normalized spacial score (nSPS) is 20.4. The third-order valence-electron chi connectivity index (χ3n) is 3.70. The SMILES string of the molecule is CNCCOc1ccc(S(=O)(=O)N2CCCC(C)C2)cc1. The van der Waals surface area contributed by atoms with Crippen LogP contribution in [0, 0.1) is 5.92 Å². The lowest BCUT2D eigenvalue weighted by Gasteiger charge is -2.30. The van der Waals surface area contributed by atoms with Crippen molar-refractivity contribution in [2.24, 2.45) is 5.92 Å². The van der Waals surface area contributed by atoms with Crippen molar-refractivity contribution in [3.63, 3.8) is 0 Å². The van der Waals surface area contributed by atoms with Crippen molar-refractivity contribution in [1.82, 2.24) is 9.62 Å². The van der Waals surface area contributed by atoms with Gasteiger partial charge in [0.25, 0.3) is 0 Å². The summed E-state index contributed by atoms with van der Waals surface area (Å²) in [7, 11) is -1.51. The van der Waals surface area contributed by atoms with Gasteiger partial charge in [-0.25, -0.2) is 8.42 Å². The fraction of sp³-hybridized carbons (Fsp3) is 0.600. The van der Waals surface area contributed by atoms with Gasteiger partial charge >= 0.3 is 0 Å². The summed E-state index contributed by atoms with van der Waals surface area (Å²) >= 11 is 0. The first-order valence-electron chi connectivity index (χ1n) is 7.41. The van der Waals surface area contributed by atoms with Crippen LogP contribution in [-0.4, -0.2) is 46.0 Å². The van der Waals surface area contributed by atoms with E-state index in [2.05, 4.69) is 12.2 Å². The Bertz CT molecular complexity index is 543. The summed E-state index contributed by atoms with van der Waals surface area (Å²) in [5.74, 6) is 1.12. The van der Waals surface area contributed by atoms with Gasteiger partial charge in [-0.15, -0.1) is 0 Å². The van der Waals surface area contributed by atoms with Gasteiger partial charge in [-0.2, -0.15) is 4.31 Å². The minimum absolute atomic E-state index is 0.345. The van der Waals surface area contributed by atoms with E-state index in [0.29, 0.717) is 36.3 Å². The predicted molar refractivity (Wildman–Crippen MR) is 83.0 cm³/mol. The maximum atomic E-state index is 12.6. The van der Waals surface area contributed by atoms with Crippen LogP contribution in [0.15, 0.2) is 29.2 Å². The van der Waals surface area contributed by atoms with Gasteiger partial charge in [-0.3, -0.25) is 0 Å². The zero-order valence-corrected chi connectivity index (χ0v) is 13.5. The Hall–Kier alpha value is -1.11. The maximum Gasteiger partial charge on any atom is 0.243 e. The Morgan fingerprint density at radius 3 is 2.67 bits per heavy atom. The maximum absolute atomic E-state index is 12.6. The number of nitrogens with zero attached hydrogens (tertiary/aromatic N) is 1. The van der Waals surface area contributed by atoms with E-state index >= 15 is 0 Å². The molecular weight excluding hydrogens is 288 g/mol.